The summed E-state index contributed by atoms with van der Waals surface area (Å²) in [4.78, 5) is 0.105. The van der Waals surface area contributed by atoms with Gasteiger partial charge in [-0.25, -0.2) is 8.42 Å². The number of hydrogen-bond acceptors (Lipinski definition) is 5. The first kappa shape index (κ1) is 14.2. The van der Waals surface area contributed by atoms with Gasteiger partial charge in [-0.2, -0.15) is 0 Å². The van der Waals surface area contributed by atoms with Crippen LogP contribution in [-0.4, -0.2) is 27.2 Å². The first-order chi connectivity index (χ1) is 7.77. The summed E-state index contributed by atoms with van der Waals surface area (Å²) in [7, 11) is -6.71. The zero-order chi connectivity index (χ0) is 13.1. The third-order valence-corrected chi connectivity index (χ3v) is 7.08. The molecular formula is C10H16NO4PS. The molecule has 1 atom stereocenters. The molecule has 2 N–H and O–H groups in total. The summed E-state index contributed by atoms with van der Waals surface area (Å²) >= 11 is 0. The van der Waals surface area contributed by atoms with Crippen LogP contribution < -0.4 is 5.73 Å². The lowest BCUT2D eigenvalue weighted by molar-refractivity contribution is 0.340. The lowest BCUT2D eigenvalue weighted by Crippen LogP contribution is -2.08. The SMILES string of the molecule is CCOP(C)(=O)CS(=O)(=O)c1ccc(N)cc1. The van der Waals surface area contributed by atoms with E-state index in [4.69, 9.17) is 10.3 Å². The van der Waals surface area contributed by atoms with Crippen LogP contribution >= 0.6 is 7.37 Å². The molecule has 0 saturated heterocycles. The second-order valence-electron chi connectivity index (χ2n) is 3.74. The van der Waals surface area contributed by atoms with Gasteiger partial charge in [-0.05, 0) is 31.2 Å². The maximum absolute atomic E-state index is 11.9. The van der Waals surface area contributed by atoms with Crippen molar-refractivity contribution in [2.45, 2.75) is 11.8 Å². The predicted octanol–water partition coefficient (Wildman–Crippen LogP) is 1.94. The van der Waals surface area contributed by atoms with Crippen LogP contribution in [0.1, 0.15) is 6.92 Å². The Morgan fingerprint density at radius 2 is 1.82 bits per heavy atom. The maximum Gasteiger partial charge on any atom is 0.215 e. The molecule has 0 heterocycles. The van der Waals surface area contributed by atoms with Crippen molar-refractivity contribution in [1.29, 1.82) is 0 Å². The lowest BCUT2D eigenvalue weighted by atomic mass is 10.3. The van der Waals surface area contributed by atoms with Crippen LogP contribution in [0.2, 0.25) is 0 Å². The summed E-state index contributed by atoms with van der Waals surface area (Å²) in [5, 5.41) is 0. The molecule has 0 spiro atoms. The topological polar surface area (TPSA) is 86.5 Å². The van der Waals surface area contributed by atoms with E-state index in [1.54, 1.807) is 6.92 Å². The van der Waals surface area contributed by atoms with Gasteiger partial charge in [-0.3, -0.25) is 4.57 Å². The van der Waals surface area contributed by atoms with Gasteiger partial charge >= 0.3 is 0 Å². The molecule has 0 amide bonds. The van der Waals surface area contributed by atoms with Crippen LogP contribution in [0.5, 0.6) is 0 Å². The van der Waals surface area contributed by atoms with Gasteiger partial charge in [0.15, 0.2) is 9.84 Å². The van der Waals surface area contributed by atoms with Crippen molar-refractivity contribution in [3.05, 3.63) is 24.3 Å². The summed E-state index contributed by atoms with van der Waals surface area (Å²) < 4.78 is 40.7. The van der Waals surface area contributed by atoms with Gasteiger partial charge in [0, 0.05) is 12.4 Å². The Labute approximate surface area is 101 Å². The van der Waals surface area contributed by atoms with E-state index in [1.807, 2.05) is 0 Å². The van der Waals surface area contributed by atoms with Gasteiger partial charge in [-0.15, -0.1) is 0 Å². The number of benzene rings is 1. The Morgan fingerprint density at radius 3 is 2.29 bits per heavy atom. The first-order valence-electron chi connectivity index (χ1n) is 5.06. The molecule has 1 aromatic rings. The molecule has 0 bridgehead atoms. The molecule has 1 rings (SSSR count). The van der Waals surface area contributed by atoms with Crippen molar-refractivity contribution in [2.75, 3.05) is 24.5 Å². The number of hydrogen-bond donors (Lipinski definition) is 1. The molecule has 1 unspecified atom stereocenters. The monoisotopic (exact) mass is 277 g/mol. The number of anilines is 1. The highest BCUT2D eigenvalue weighted by molar-refractivity contribution is 7.98. The van der Waals surface area contributed by atoms with Crippen LogP contribution in [0.25, 0.3) is 0 Å². The minimum atomic E-state index is -3.60. The molecular weight excluding hydrogens is 261 g/mol. The third-order valence-electron chi connectivity index (χ3n) is 2.05. The van der Waals surface area contributed by atoms with E-state index in [0.29, 0.717) is 5.69 Å². The molecule has 7 heteroatoms. The highest BCUT2D eigenvalue weighted by atomic mass is 32.2. The van der Waals surface area contributed by atoms with Gasteiger partial charge in [0.2, 0.25) is 7.37 Å². The van der Waals surface area contributed by atoms with E-state index in [9.17, 15) is 13.0 Å². The second kappa shape index (κ2) is 5.21. The summed E-state index contributed by atoms with van der Waals surface area (Å²) in [5.41, 5.74) is 5.46. The second-order valence-corrected chi connectivity index (χ2v) is 8.76. The fourth-order valence-corrected chi connectivity index (χ4v) is 5.83. The lowest BCUT2D eigenvalue weighted by Gasteiger charge is -2.12. The summed E-state index contributed by atoms with van der Waals surface area (Å²) in [5.74, 6) is 0. The van der Waals surface area contributed by atoms with Crippen molar-refractivity contribution in [1.82, 2.24) is 0 Å². The van der Waals surface area contributed by atoms with Crippen molar-refractivity contribution in [3.8, 4) is 0 Å². The normalized spacial score (nSPS) is 15.4. The van der Waals surface area contributed by atoms with Crippen molar-refractivity contribution < 1.29 is 17.5 Å². The Balaban J connectivity index is 2.97. The fourth-order valence-electron chi connectivity index (χ4n) is 1.37. The van der Waals surface area contributed by atoms with E-state index in [2.05, 4.69) is 0 Å². The number of nitrogens with two attached hydrogens (primary N) is 1. The molecule has 1 aromatic carbocycles. The van der Waals surface area contributed by atoms with Gasteiger partial charge in [-0.1, -0.05) is 0 Å². The van der Waals surface area contributed by atoms with Gasteiger partial charge < -0.3 is 10.3 Å². The van der Waals surface area contributed by atoms with Crippen LogP contribution in [0.3, 0.4) is 0 Å². The number of sulfone groups is 1. The predicted molar refractivity (Wildman–Crippen MR) is 68.1 cm³/mol. The van der Waals surface area contributed by atoms with Crippen molar-refractivity contribution in [2.24, 2.45) is 0 Å². The molecule has 0 fully saturated rings. The average Bonchev–Trinajstić information content (AvgIpc) is 2.16. The van der Waals surface area contributed by atoms with Crippen LogP contribution in [0.15, 0.2) is 29.2 Å². The largest absolute Gasteiger partial charge is 0.399 e. The van der Waals surface area contributed by atoms with E-state index in [1.165, 1.54) is 30.9 Å². The number of rotatable bonds is 5. The Morgan fingerprint density at radius 1 is 1.29 bits per heavy atom. The molecule has 17 heavy (non-hydrogen) atoms. The maximum atomic E-state index is 11.9. The Hall–Kier alpha value is -0.840. The molecule has 0 aliphatic carbocycles. The van der Waals surface area contributed by atoms with Crippen molar-refractivity contribution >= 4 is 22.9 Å². The molecule has 5 nitrogen and oxygen atoms in total. The zero-order valence-electron chi connectivity index (χ0n) is 9.79. The van der Waals surface area contributed by atoms with Gasteiger partial charge in [0.25, 0.3) is 0 Å². The summed E-state index contributed by atoms with van der Waals surface area (Å²) in [6.07, 6.45) is 0. The van der Waals surface area contributed by atoms with Gasteiger partial charge in [0.05, 0.1) is 11.5 Å². The number of nitrogen functional groups attached to an aromatic ring is 1. The van der Waals surface area contributed by atoms with Crippen molar-refractivity contribution in [3.63, 3.8) is 0 Å². The minimum absolute atomic E-state index is 0.105. The van der Waals surface area contributed by atoms with Crippen LogP contribution in [0.4, 0.5) is 5.69 Å². The summed E-state index contributed by atoms with van der Waals surface area (Å²) in [6, 6.07) is 5.79. The highest BCUT2D eigenvalue weighted by Gasteiger charge is 2.26. The standard InChI is InChI=1S/C10H16NO4PS/c1-3-15-16(2,12)8-17(13,14)10-6-4-9(11)5-7-10/h4-7H,3,8,11H2,1-2H3. The van der Waals surface area contributed by atoms with Crippen LogP contribution in [0, 0.1) is 0 Å². The quantitative estimate of drug-likeness (QED) is 0.656. The van der Waals surface area contributed by atoms with Gasteiger partial charge in [0.1, 0.15) is 5.49 Å². The van der Waals surface area contributed by atoms with Crippen LogP contribution in [-0.2, 0) is 18.9 Å². The summed E-state index contributed by atoms with van der Waals surface area (Å²) in [6.45, 7) is 3.22. The molecule has 0 saturated carbocycles. The molecule has 0 aliphatic rings. The molecule has 0 aromatic heterocycles. The Bertz CT molecular complexity index is 524. The minimum Gasteiger partial charge on any atom is -0.399 e. The van der Waals surface area contributed by atoms with E-state index in [-0.39, 0.29) is 11.5 Å². The molecule has 96 valence electrons. The third kappa shape index (κ3) is 4.15. The van der Waals surface area contributed by atoms with E-state index in [0.717, 1.165) is 0 Å². The first-order valence-corrected chi connectivity index (χ1v) is 8.97. The highest BCUT2D eigenvalue weighted by Crippen LogP contribution is 2.44. The fraction of sp³-hybridized carbons (Fsp3) is 0.400. The molecule has 0 aliphatic heterocycles. The smallest absolute Gasteiger partial charge is 0.215 e. The van der Waals surface area contributed by atoms with E-state index >= 15 is 0 Å². The Kier molecular flexibility index (Phi) is 4.36. The average molecular weight is 277 g/mol. The molecule has 0 radical (unpaired) electrons. The zero-order valence-corrected chi connectivity index (χ0v) is 11.5. The van der Waals surface area contributed by atoms with E-state index < -0.39 is 22.7 Å².